The standard InChI is InChI=1S/C13H12ClN5O/c1-20-9-4-2-8(3-5-9)6-19-7-16-10-11(14)17-13(15)18-12(10)19/h2-5,7H,6H2,1H3,(H2,15,17,18). The van der Waals surface area contributed by atoms with Crippen molar-refractivity contribution in [2.24, 2.45) is 0 Å². The number of benzene rings is 1. The Morgan fingerprint density at radius 2 is 2.00 bits per heavy atom. The molecule has 0 fully saturated rings. The summed E-state index contributed by atoms with van der Waals surface area (Å²) in [7, 11) is 1.64. The van der Waals surface area contributed by atoms with Gasteiger partial charge in [0.2, 0.25) is 5.95 Å². The second-order valence-corrected chi connectivity index (χ2v) is 4.62. The summed E-state index contributed by atoms with van der Waals surface area (Å²) in [5, 5.41) is 0.265. The molecule has 2 N–H and O–H groups in total. The molecular formula is C13H12ClN5O. The lowest BCUT2D eigenvalue weighted by Crippen LogP contribution is -2.02. The van der Waals surface area contributed by atoms with Crippen LogP contribution >= 0.6 is 11.6 Å². The summed E-state index contributed by atoms with van der Waals surface area (Å²) < 4.78 is 7.01. The second-order valence-electron chi connectivity index (χ2n) is 4.27. The summed E-state index contributed by atoms with van der Waals surface area (Å²) in [5.41, 5.74) is 7.89. The third-order valence-electron chi connectivity index (χ3n) is 2.95. The van der Waals surface area contributed by atoms with Crippen molar-refractivity contribution in [3.05, 3.63) is 41.3 Å². The Balaban J connectivity index is 1.97. The fourth-order valence-electron chi connectivity index (χ4n) is 1.97. The summed E-state index contributed by atoms with van der Waals surface area (Å²) in [5.74, 6) is 0.956. The number of halogens is 1. The molecule has 0 radical (unpaired) electrons. The lowest BCUT2D eigenvalue weighted by Gasteiger charge is -2.05. The minimum absolute atomic E-state index is 0.138. The number of rotatable bonds is 3. The maximum absolute atomic E-state index is 5.99. The van der Waals surface area contributed by atoms with E-state index in [1.54, 1.807) is 13.4 Å². The van der Waals surface area contributed by atoms with E-state index in [-0.39, 0.29) is 11.1 Å². The van der Waals surface area contributed by atoms with Gasteiger partial charge in [-0.15, -0.1) is 0 Å². The van der Waals surface area contributed by atoms with E-state index in [1.165, 1.54) is 0 Å². The molecule has 2 heterocycles. The highest BCUT2D eigenvalue weighted by molar-refractivity contribution is 6.33. The van der Waals surface area contributed by atoms with Crippen molar-refractivity contribution in [3.63, 3.8) is 0 Å². The molecule has 2 aromatic heterocycles. The number of anilines is 1. The van der Waals surface area contributed by atoms with Crippen molar-refractivity contribution < 1.29 is 4.74 Å². The molecule has 3 aromatic rings. The van der Waals surface area contributed by atoms with E-state index in [0.717, 1.165) is 11.3 Å². The van der Waals surface area contributed by atoms with Crippen LogP contribution in [0.2, 0.25) is 5.15 Å². The van der Waals surface area contributed by atoms with Crippen LogP contribution in [0.3, 0.4) is 0 Å². The molecule has 0 aliphatic rings. The van der Waals surface area contributed by atoms with E-state index in [4.69, 9.17) is 22.1 Å². The molecule has 0 unspecified atom stereocenters. The maximum Gasteiger partial charge on any atom is 0.223 e. The Morgan fingerprint density at radius 3 is 2.70 bits per heavy atom. The summed E-state index contributed by atoms with van der Waals surface area (Å²) in [6.45, 7) is 0.618. The molecule has 20 heavy (non-hydrogen) atoms. The van der Waals surface area contributed by atoms with E-state index in [2.05, 4.69) is 15.0 Å². The quantitative estimate of drug-likeness (QED) is 0.747. The number of nitrogens with two attached hydrogens (primary N) is 1. The zero-order valence-corrected chi connectivity index (χ0v) is 11.5. The molecule has 0 saturated carbocycles. The molecule has 7 heteroatoms. The molecule has 0 saturated heterocycles. The van der Waals surface area contributed by atoms with Gasteiger partial charge in [0.15, 0.2) is 10.8 Å². The highest BCUT2D eigenvalue weighted by Crippen LogP contribution is 2.20. The van der Waals surface area contributed by atoms with Gasteiger partial charge in [-0.3, -0.25) is 0 Å². The minimum atomic E-state index is 0.138. The second kappa shape index (κ2) is 4.97. The van der Waals surface area contributed by atoms with Crippen molar-refractivity contribution in [2.75, 3.05) is 12.8 Å². The van der Waals surface area contributed by atoms with Crippen molar-refractivity contribution in [2.45, 2.75) is 6.54 Å². The van der Waals surface area contributed by atoms with Gasteiger partial charge in [0, 0.05) is 0 Å². The molecule has 0 bridgehead atoms. The first-order valence-electron chi connectivity index (χ1n) is 5.94. The first-order chi connectivity index (χ1) is 9.67. The van der Waals surface area contributed by atoms with Crippen LogP contribution in [0.1, 0.15) is 5.56 Å². The Labute approximate surface area is 120 Å². The number of nitrogens with zero attached hydrogens (tertiary/aromatic N) is 4. The van der Waals surface area contributed by atoms with Gasteiger partial charge in [-0.05, 0) is 17.7 Å². The van der Waals surface area contributed by atoms with Gasteiger partial charge < -0.3 is 15.0 Å². The number of nitrogen functional groups attached to an aromatic ring is 1. The average molecular weight is 290 g/mol. The largest absolute Gasteiger partial charge is 0.497 e. The lowest BCUT2D eigenvalue weighted by molar-refractivity contribution is 0.414. The van der Waals surface area contributed by atoms with Crippen molar-refractivity contribution in [3.8, 4) is 5.75 Å². The van der Waals surface area contributed by atoms with Crippen molar-refractivity contribution in [1.29, 1.82) is 0 Å². The highest BCUT2D eigenvalue weighted by atomic mass is 35.5. The van der Waals surface area contributed by atoms with Gasteiger partial charge >= 0.3 is 0 Å². The van der Waals surface area contributed by atoms with Gasteiger partial charge in [-0.25, -0.2) is 4.98 Å². The monoisotopic (exact) mass is 289 g/mol. The maximum atomic E-state index is 5.99. The molecule has 0 spiro atoms. The first kappa shape index (κ1) is 12.7. The van der Waals surface area contributed by atoms with Gasteiger partial charge in [0.25, 0.3) is 0 Å². The molecule has 0 aliphatic carbocycles. The van der Waals surface area contributed by atoms with Crippen LogP contribution in [0.25, 0.3) is 11.2 Å². The van der Waals surface area contributed by atoms with Crippen molar-refractivity contribution >= 4 is 28.7 Å². The predicted molar refractivity (Wildman–Crippen MR) is 76.8 cm³/mol. The van der Waals surface area contributed by atoms with Crippen LogP contribution in [0.4, 0.5) is 5.95 Å². The molecular weight excluding hydrogens is 278 g/mol. The fraction of sp³-hybridized carbons (Fsp3) is 0.154. The normalized spacial score (nSPS) is 10.9. The number of aromatic nitrogens is 4. The SMILES string of the molecule is COc1ccc(Cn2cnc3c(Cl)nc(N)nc32)cc1. The third kappa shape index (κ3) is 2.25. The van der Waals surface area contributed by atoms with Crippen LogP contribution in [0, 0.1) is 0 Å². The summed E-state index contributed by atoms with van der Waals surface area (Å²) in [4.78, 5) is 12.3. The minimum Gasteiger partial charge on any atom is -0.497 e. The topological polar surface area (TPSA) is 78.8 Å². The average Bonchev–Trinajstić information content (AvgIpc) is 2.83. The molecule has 1 aromatic carbocycles. The van der Waals surface area contributed by atoms with Gasteiger partial charge in [-0.2, -0.15) is 9.97 Å². The van der Waals surface area contributed by atoms with E-state index < -0.39 is 0 Å². The fourth-order valence-corrected chi connectivity index (χ4v) is 2.19. The Morgan fingerprint density at radius 1 is 1.25 bits per heavy atom. The number of imidazole rings is 1. The van der Waals surface area contributed by atoms with Gasteiger partial charge in [0.1, 0.15) is 11.3 Å². The highest BCUT2D eigenvalue weighted by Gasteiger charge is 2.10. The molecule has 0 atom stereocenters. The van der Waals surface area contributed by atoms with E-state index in [0.29, 0.717) is 17.7 Å². The number of methoxy groups -OCH3 is 1. The Kier molecular flexibility index (Phi) is 3.15. The molecule has 102 valence electrons. The summed E-state index contributed by atoms with van der Waals surface area (Å²) in [6.07, 6.45) is 1.68. The van der Waals surface area contributed by atoms with E-state index in [9.17, 15) is 0 Å². The summed E-state index contributed by atoms with van der Waals surface area (Å²) in [6, 6.07) is 7.78. The van der Waals surface area contributed by atoms with Crippen LogP contribution in [0.5, 0.6) is 5.75 Å². The number of fused-ring (bicyclic) bond motifs is 1. The van der Waals surface area contributed by atoms with Gasteiger partial charge in [-0.1, -0.05) is 23.7 Å². The van der Waals surface area contributed by atoms with Crippen LogP contribution in [0.15, 0.2) is 30.6 Å². The molecule has 0 amide bonds. The zero-order valence-electron chi connectivity index (χ0n) is 10.7. The predicted octanol–water partition coefficient (Wildman–Crippen LogP) is 2.12. The van der Waals surface area contributed by atoms with E-state index in [1.807, 2.05) is 28.8 Å². The van der Waals surface area contributed by atoms with E-state index >= 15 is 0 Å². The first-order valence-corrected chi connectivity index (χ1v) is 6.32. The molecule has 6 nitrogen and oxygen atoms in total. The third-order valence-corrected chi connectivity index (χ3v) is 3.21. The van der Waals surface area contributed by atoms with Crippen molar-refractivity contribution in [1.82, 2.24) is 19.5 Å². The summed E-state index contributed by atoms with van der Waals surface area (Å²) >= 11 is 5.99. The smallest absolute Gasteiger partial charge is 0.223 e. The Bertz CT molecular complexity index is 753. The van der Waals surface area contributed by atoms with Crippen LogP contribution in [-0.4, -0.2) is 26.6 Å². The molecule has 3 rings (SSSR count). The number of hydrogen-bond donors (Lipinski definition) is 1. The number of hydrogen-bond acceptors (Lipinski definition) is 5. The van der Waals surface area contributed by atoms with Gasteiger partial charge in [0.05, 0.1) is 20.0 Å². The number of ether oxygens (including phenoxy) is 1. The van der Waals surface area contributed by atoms with Crippen LogP contribution < -0.4 is 10.5 Å². The lowest BCUT2D eigenvalue weighted by atomic mass is 10.2. The molecule has 0 aliphatic heterocycles. The zero-order chi connectivity index (χ0) is 14.1. The van der Waals surface area contributed by atoms with Crippen LogP contribution in [-0.2, 0) is 6.54 Å². The Hall–Kier alpha value is -2.34.